The molecule has 0 radical (unpaired) electrons. The second-order valence-corrected chi connectivity index (χ2v) is 6.75. The van der Waals surface area contributed by atoms with Crippen molar-refractivity contribution in [3.8, 4) is 0 Å². The average molecular weight is 312 g/mol. The van der Waals surface area contributed by atoms with Crippen LogP contribution in [0.5, 0.6) is 0 Å². The maximum absolute atomic E-state index is 9.01. The molecule has 3 nitrogen and oxygen atoms in total. The molecule has 1 fully saturated rings. The summed E-state index contributed by atoms with van der Waals surface area (Å²) < 4.78 is 0. The minimum absolute atomic E-state index is 0.280. The van der Waals surface area contributed by atoms with E-state index in [0.717, 1.165) is 32.1 Å². The minimum atomic E-state index is 0.280. The van der Waals surface area contributed by atoms with E-state index >= 15 is 0 Å². The van der Waals surface area contributed by atoms with Gasteiger partial charge in [-0.15, -0.1) is 0 Å². The van der Waals surface area contributed by atoms with Crippen LogP contribution in [0, 0.1) is 5.92 Å². The maximum Gasteiger partial charge on any atom is 0.0558 e. The number of β-amino-alcohol motifs (C(OH)–C–C–N with tert-alkyl or cyclic N) is 1. The molecule has 0 amide bonds. The maximum atomic E-state index is 9.01. The van der Waals surface area contributed by atoms with E-state index in [1.165, 1.54) is 29.2 Å². The number of likely N-dealkylation sites (tertiary alicyclic amines) is 1. The molecule has 1 aliphatic heterocycles. The molecule has 2 N–H and O–H groups in total. The van der Waals surface area contributed by atoms with Crippen LogP contribution in [0.2, 0.25) is 0 Å². The van der Waals surface area contributed by atoms with Gasteiger partial charge in [0.15, 0.2) is 0 Å². The molecule has 3 rings (SSSR count). The van der Waals surface area contributed by atoms with Gasteiger partial charge in [0.25, 0.3) is 0 Å². The van der Waals surface area contributed by atoms with Crippen molar-refractivity contribution in [2.45, 2.75) is 25.8 Å². The second-order valence-electron chi connectivity index (χ2n) is 6.75. The quantitative estimate of drug-likeness (QED) is 0.860. The summed E-state index contributed by atoms with van der Waals surface area (Å²) in [6.07, 6.45) is 2.47. The van der Waals surface area contributed by atoms with E-state index in [9.17, 15) is 0 Å². The first kappa shape index (κ1) is 16.4. The number of aliphatic hydroxyl groups excluding tert-OH is 1. The van der Waals surface area contributed by atoms with Crippen molar-refractivity contribution in [1.82, 2.24) is 10.2 Å². The van der Waals surface area contributed by atoms with Crippen molar-refractivity contribution in [1.29, 1.82) is 0 Å². The van der Waals surface area contributed by atoms with Gasteiger partial charge in [-0.1, -0.05) is 36.4 Å². The average Bonchev–Trinajstić information content (AvgIpc) is 2.60. The monoisotopic (exact) mass is 312 g/mol. The predicted octanol–water partition coefficient (Wildman–Crippen LogP) is 3.19. The Kier molecular flexibility index (Phi) is 5.65. The van der Waals surface area contributed by atoms with Crippen molar-refractivity contribution < 1.29 is 5.11 Å². The van der Waals surface area contributed by atoms with Crippen LogP contribution in [0.3, 0.4) is 0 Å². The van der Waals surface area contributed by atoms with Crippen LogP contribution < -0.4 is 5.32 Å². The molecule has 0 spiro atoms. The number of benzene rings is 2. The first-order valence-corrected chi connectivity index (χ1v) is 8.81. The third-order valence-corrected chi connectivity index (χ3v) is 5.11. The Hall–Kier alpha value is -1.42. The van der Waals surface area contributed by atoms with Crippen LogP contribution in [0.25, 0.3) is 10.8 Å². The van der Waals surface area contributed by atoms with Crippen molar-refractivity contribution in [3.63, 3.8) is 0 Å². The fourth-order valence-electron chi connectivity index (χ4n) is 3.49. The summed E-state index contributed by atoms with van der Waals surface area (Å²) in [7, 11) is 0. The summed E-state index contributed by atoms with van der Waals surface area (Å²) in [4.78, 5) is 2.36. The van der Waals surface area contributed by atoms with Crippen LogP contribution >= 0.6 is 0 Å². The lowest BCUT2D eigenvalue weighted by Crippen LogP contribution is -2.39. The van der Waals surface area contributed by atoms with Crippen LogP contribution in [-0.4, -0.2) is 42.8 Å². The molecule has 0 bridgehead atoms. The molecule has 3 heteroatoms. The van der Waals surface area contributed by atoms with E-state index in [2.05, 4.69) is 59.6 Å². The summed E-state index contributed by atoms with van der Waals surface area (Å²) in [6, 6.07) is 15.7. The zero-order valence-corrected chi connectivity index (χ0v) is 14.0. The van der Waals surface area contributed by atoms with Crippen LogP contribution in [0.15, 0.2) is 42.5 Å². The molecular formula is C20H28N2O. The summed E-state index contributed by atoms with van der Waals surface area (Å²) in [5, 5.41) is 15.3. The van der Waals surface area contributed by atoms with E-state index < -0.39 is 0 Å². The number of piperidine rings is 1. The van der Waals surface area contributed by atoms with Gasteiger partial charge in [0.1, 0.15) is 0 Å². The van der Waals surface area contributed by atoms with Gasteiger partial charge in [-0.3, -0.25) is 0 Å². The van der Waals surface area contributed by atoms with Crippen molar-refractivity contribution >= 4 is 10.8 Å². The van der Waals surface area contributed by atoms with E-state index in [1.54, 1.807) is 0 Å². The number of rotatable bonds is 6. The lowest BCUT2D eigenvalue weighted by molar-refractivity contribution is 0.146. The molecule has 0 saturated carbocycles. The van der Waals surface area contributed by atoms with E-state index in [-0.39, 0.29) is 6.61 Å². The highest BCUT2D eigenvalue weighted by atomic mass is 16.3. The highest BCUT2D eigenvalue weighted by Gasteiger charge is 2.19. The fraction of sp³-hybridized carbons (Fsp3) is 0.500. The largest absolute Gasteiger partial charge is 0.395 e. The number of nitrogens with zero attached hydrogens (tertiary/aromatic N) is 1. The number of hydrogen-bond donors (Lipinski definition) is 2. The molecule has 1 unspecified atom stereocenters. The molecule has 1 atom stereocenters. The summed E-state index contributed by atoms with van der Waals surface area (Å²) in [5.41, 5.74) is 1.36. The third-order valence-electron chi connectivity index (χ3n) is 5.11. The van der Waals surface area contributed by atoms with Crippen molar-refractivity contribution in [2.24, 2.45) is 5.92 Å². The normalized spacial score (nSPS) is 18.3. The molecule has 1 saturated heterocycles. The Morgan fingerprint density at radius 3 is 2.61 bits per heavy atom. The van der Waals surface area contributed by atoms with Gasteiger partial charge in [0, 0.05) is 12.6 Å². The smallest absolute Gasteiger partial charge is 0.0558 e. The van der Waals surface area contributed by atoms with Crippen LogP contribution in [0.1, 0.15) is 31.4 Å². The molecular weight excluding hydrogens is 284 g/mol. The Labute approximate surface area is 139 Å². The molecule has 2 aromatic rings. The first-order valence-electron chi connectivity index (χ1n) is 8.81. The van der Waals surface area contributed by atoms with Crippen molar-refractivity contribution in [3.05, 3.63) is 48.0 Å². The molecule has 23 heavy (non-hydrogen) atoms. The van der Waals surface area contributed by atoms with E-state index in [4.69, 9.17) is 5.11 Å². The molecule has 2 aromatic carbocycles. The number of hydrogen-bond acceptors (Lipinski definition) is 3. The number of aliphatic hydroxyl groups is 1. The first-order chi connectivity index (χ1) is 11.3. The third kappa shape index (κ3) is 4.31. The number of fused-ring (bicyclic) bond motifs is 1. The minimum Gasteiger partial charge on any atom is -0.395 e. The van der Waals surface area contributed by atoms with Gasteiger partial charge in [-0.25, -0.2) is 0 Å². The second kappa shape index (κ2) is 7.91. The zero-order valence-electron chi connectivity index (χ0n) is 14.0. The number of nitrogens with one attached hydrogen (secondary N) is 1. The van der Waals surface area contributed by atoms with E-state index in [0.29, 0.717) is 6.04 Å². The lowest BCUT2D eigenvalue weighted by Gasteiger charge is -2.32. The Bertz CT molecular complexity index is 620. The van der Waals surface area contributed by atoms with Crippen LogP contribution in [-0.2, 0) is 0 Å². The Morgan fingerprint density at radius 1 is 1.13 bits per heavy atom. The topological polar surface area (TPSA) is 35.5 Å². The van der Waals surface area contributed by atoms with Crippen LogP contribution in [0.4, 0.5) is 0 Å². The Morgan fingerprint density at radius 2 is 1.87 bits per heavy atom. The molecule has 0 aromatic heterocycles. The van der Waals surface area contributed by atoms with Gasteiger partial charge in [0.05, 0.1) is 6.61 Å². The van der Waals surface area contributed by atoms with Crippen molar-refractivity contribution in [2.75, 3.05) is 32.8 Å². The van der Waals surface area contributed by atoms with Gasteiger partial charge in [-0.05, 0) is 67.7 Å². The molecule has 124 valence electrons. The van der Waals surface area contributed by atoms with E-state index in [1.807, 2.05) is 0 Å². The standard InChI is InChI=1S/C20H28N2O/c1-16(19-7-6-18-4-2-3-5-20(18)14-19)21-15-17-8-10-22(11-9-17)12-13-23/h2-7,14,16-17,21,23H,8-13,15H2,1H3. The predicted molar refractivity (Wildman–Crippen MR) is 96.6 cm³/mol. The summed E-state index contributed by atoms with van der Waals surface area (Å²) >= 11 is 0. The zero-order chi connectivity index (χ0) is 16.1. The summed E-state index contributed by atoms with van der Waals surface area (Å²) in [5.74, 6) is 0.757. The summed E-state index contributed by atoms with van der Waals surface area (Å²) in [6.45, 7) is 6.69. The van der Waals surface area contributed by atoms with Gasteiger partial charge >= 0.3 is 0 Å². The van der Waals surface area contributed by atoms with Gasteiger partial charge in [-0.2, -0.15) is 0 Å². The molecule has 1 aliphatic rings. The van der Waals surface area contributed by atoms with Gasteiger partial charge < -0.3 is 15.3 Å². The SMILES string of the molecule is CC(NCC1CCN(CCO)CC1)c1ccc2ccccc2c1. The highest BCUT2D eigenvalue weighted by molar-refractivity contribution is 5.83. The lowest BCUT2D eigenvalue weighted by atomic mass is 9.96. The van der Waals surface area contributed by atoms with Gasteiger partial charge in [0.2, 0.25) is 0 Å². The Balaban J connectivity index is 1.51. The fourth-order valence-corrected chi connectivity index (χ4v) is 3.49. The molecule has 1 heterocycles. The molecule has 0 aliphatic carbocycles. The highest BCUT2D eigenvalue weighted by Crippen LogP contribution is 2.22.